The third-order valence-electron chi connectivity index (χ3n) is 3.71. The minimum Gasteiger partial charge on any atom is -0.460 e. The van der Waals surface area contributed by atoms with E-state index in [2.05, 4.69) is 4.98 Å². The average molecular weight is 330 g/mol. The van der Waals surface area contributed by atoms with E-state index in [1.54, 1.807) is 24.4 Å². The van der Waals surface area contributed by atoms with Crippen molar-refractivity contribution in [3.8, 4) is 5.75 Å². The summed E-state index contributed by atoms with van der Waals surface area (Å²) in [6.07, 6.45) is -5.10. The number of halogens is 1. The Morgan fingerprint density at radius 2 is 1.95 bits per heavy atom. The van der Waals surface area contributed by atoms with Gasteiger partial charge in [-0.3, -0.25) is 0 Å². The van der Waals surface area contributed by atoms with E-state index in [1.165, 1.54) is 0 Å². The second-order valence-corrected chi connectivity index (χ2v) is 5.54. The van der Waals surface area contributed by atoms with Crippen molar-refractivity contribution >= 4 is 22.5 Å². The highest BCUT2D eigenvalue weighted by Gasteiger charge is 2.44. The molecule has 5 atom stereocenters. The van der Waals surface area contributed by atoms with E-state index in [1.807, 2.05) is 0 Å². The third kappa shape index (κ3) is 2.56. The number of H-pyrrole nitrogens is 1. The number of aliphatic hydroxyl groups is 4. The first-order valence-corrected chi connectivity index (χ1v) is 7.13. The summed E-state index contributed by atoms with van der Waals surface area (Å²) in [6.45, 7) is -0.514. The van der Waals surface area contributed by atoms with Gasteiger partial charge in [-0.05, 0) is 12.1 Å². The highest BCUT2D eigenvalue weighted by molar-refractivity contribution is 6.36. The Morgan fingerprint density at radius 1 is 1.18 bits per heavy atom. The van der Waals surface area contributed by atoms with Gasteiger partial charge in [0, 0.05) is 6.20 Å². The zero-order valence-corrected chi connectivity index (χ0v) is 12.1. The van der Waals surface area contributed by atoms with Crippen LogP contribution in [0, 0.1) is 0 Å². The molecule has 0 spiro atoms. The summed E-state index contributed by atoms with van der Waals surface area (Å²) in [7, 11) is 0. The second kappa shape index (κ2) is 6.04. The number of nitrogens with one attached hydrogen (secondary N) is 1. The molecule has 120 valence electrons. The molecular weight excluding hydrogens is 314 g/mol. The van der Waals surface area contributed by atoms with E-state index < -0.39 is 37.3 Å². The Kier molecular flexibility index (Phi) is 4.26. The minimum absolute atomic E-state index is 0.338. The molecule has 1 fully saturated rings. The topological polar surface area (TPSA) is 115 Å². The summed E-state index contributed by atoms with van der Waals surface area (Å²) in [6, 6.07) is 5.28. The van der Waals surface area contributed by atoms with Crippen LogP contribution in [0.1, 0.15) is 0 Å². The molecule has 1 aliphatic heterocycles. The van der Waals surface area contributed by atoms with Gasteiger partial charge in [0.1, 0.15) is 30.2 Å². The number of aromatic amines is 1. The van der Waals surface area contributed by atoms with Crippen molar-refractivity contribution in [2.24, 2.45) is 0 Å². The molecule has 3 rings (SSSR count). The van der Waals surface area contributed by atoms with E-state index in [9.17, 15) is 15.3 Å². The summed E-state index contributed by atoms with van der Waals surface area (Å²) in [5, 5.41) is 39.7. The van der Waals surface area contributed by atoms with Crippen LogP contribution in [-0.2, 0) is 4.74 Å². The summed E-state index contributed by atoms with van der Waals surface area (Å²) in [5.74, 6) is 0.338. The minimum atomic E-state index is -1.49. The molecule has 1 aliphatic rings. The third-order valence-corrected chi connectivity index (χ3v) is 4.03. The van der Waals surface area contributed by atoms with Crippen molar-refractivity contribution in [1.29, 1.82) is 0 Å². The van der Waals surface area contributed by atoms with Gasteiger partial charge < -0.3 is 34.9 Å². The molecule has 0 aliphatic carbocycles. The predicted octanol–water partition coefficient (Wildman–Crippen LogP) is -0.000000000000000278. The van der Waals surface area contributed by atoms with Gasteiger partial charge in [-0.2, -0.15) is 0 Å². The van der Waals surface area contributed by atoms with Gasteiger partial charge in [0.05, 0.1) is 22.5 Å². The molecule has 0 bridgehead atoms. The van der Waals surface area contributed by atoms with E-state index >= 15 is 0 Å². The van der Waals surface area contributed by atoms with Gasteiger partial charge in [0.2, 0.25) is 6.29 Å². The number of aliphatic hydroxyl groups excluding tert-OH is 4. The fraction of sp³-hybridized carbons (Fsp3) is 0.429. The van der Waals surface area contributed by atoms with Gasteiger partial charge in [0.15, 0.2) is 0 Å². The molecule has 2 unspecified atom stereocenters. The number of hydrogen-bond donors (Lipinski definition) is 5. The Bertz CT molecular complexity index is 660. The molecule has 22 heavy (non-hydrogen) atoms. The van der Waals surface area contributed by atoms with Crippen LogP contribution < -0.4 is 4.74 Å². The van der Waals surface area contributed by atoms with Crippen LogP contribution >= 0.6 is 11.6 Å². The summed E-state index contributed by atoms with van der Waals surface area (Å²) < 4.78 is 10.9. The first kappa shape index (κ1) is 15.5. The molecule has 2 heterocycles. The molecule has 0 amide bonds. The van der Waals surface area contributed by atoms with Crippen LogP contribution in [0.5, 0.6) is 5.75 Å². The molecule has 1 saturated heterocycles. The lowest BCUT2D eigenvalue weighted by Gasteiger charge is -2.39. The van der Waals surface area contributed by atoms with Gasteiger partial charge in [0.25, 0.3) is 0 Å². The summed E-state index contributed by atoms with van der Waals surface area (Å²) >= 11 is 6.13. The lowest BCUT2D eigenvalue weighted by atomic mass is 9.99. The number of aromatic nitrogens is 1. The smallest absolute Gasteiger partial charge is 0.229 e. The first-order valence-electron chi connectivity index (χ1n) is 6.75. The van der Waals surface area contributed by atoms with E-state index in [-0.39, 0.29) is 0 Å². The lowest BCUT2D eigenvalue weighted by Crippen LogP contribution is -2.60. The van der Waals surface area contributed by atoms with Gasteiger partial charge in [-0.15, -0.1) is 0 Å². The number of fused-ring (bicyclic) bond motifs is 1. The number of hydrogen-bond acceptors (Lipinski definition) is 6. The largest absolute Gasteiger partial charge is 0.460 e. The average Bonchev–Trinajstić information content (AvgIpc) is 2.92. The molecule has 8 heteroatoms. The van der Waals surface area contributed by atoms with E-state index in [4.69, 9.17) is 26.2 Å². The zero-order chi connectivity index (χ0) is 15.9. The van der Waals surface area contributed by atoms with Crippen molar-refractivity contribution in [3.05, 3.63) is 29.4 Å². The lowest BCUT2D eigenvalue weighted by molar-refractivity contribution is -0.277. The van der Waals surface area contributed by atoms with Crippen LogP contribution in [0.15, 0.2) is 24.4 Å². The van der Waals surface area contributed by atoms with Crippen molar-refractivity contribution in [3.63, 3.8) is 0 Å². The predicted molar refractivity (Wildman–Crippen MR) is 77.7 cm³/mol. The summed E-state index contributed by atoms with van der Waals surface area (Å²) in [5.41, 5.74) is 0.743. The van der Waals surface area contributed by atoms with E-state index in [0.29, 0.717) is 16.2 Å². The van der Waals surface area contributed by atoms with Gasteiger partial charge >= 0.3 is 0 Å². The van der Waals surface area contributed by atoms with Crippen LogP contribution in [-0.4, -0.2) is 62.7 Å². The molecule has 7 nitrogen and oxygen atoms in total. The summed E-state index contributed by atoms with van der Waals surface area (Å²) in [4.78, 5) is 2.97. The maximum absolute atomic E-state index is 9.98. The molecule has 0 radical (unpaired) electrons. The standard InChI is InChI=1S/C14H16ClNO6/c15-6-2-1-3-7-10(6)8(4-16-7)21-14-13(20)12(19)11(18)9(5-17)22-14/h1-4,9,11-14,16-20H,5H2/t9?,11-,12+,13?,14+/m0/s1. The SMILES string of the molecule is OCC1O[C@@H](Oc2c[nH]c3cccc(Cl)c23)C(O)[C@H](O)[C@H]1O. The van der Waals surface area contributed by atoms with Crippen LogP contribution in [0.4, 0.5) is 0 Å². The Balaban J connectivity index is 1.88. The molecule has 1 aromatic carbocycles. The Hall–Kier alpha value is -1.35. The highest BCUT2D eigenvalue weighted by Crippen LogP contribution is 2.34. The van der Waals surface area contributed by atoms with E-state index in [0.717, 1.165) is 5.52 Å². The normalized spacial score (nSPS) is 32.3. The van der Waals surface area contributed by atoms with Crippen molar-refractivity contribution in [1.82, 2.24) is 4.98 Å². The maximum atomic E-state index is 9.98. The fourth-order valence-corrected chi connectivity index (χ4v) is 2.76. The second-order valence-electron chi connectivity index (χ2n) is 5.13. The molecule has 1 aromatic heterocycles. The Morgan fingerprint density at radius 3 is 2.68 bits per heavy atom. The van der Waals surface area contributed by atoms with Crippen LogP contribution in [0.2, 0.25) is 5.02 Å². The molecule has 5 N–H and O–H groups in total. The fourth-order valence-electron chi connectivity index (χ4n) is 2.49. The van der Waals surface area contributed by atoms with Crippen molar-refractivity contribution in [2.75, 3.05) is 6.61 Å². The van der Waals surface area contributed by atoms with Crippen LogP contribution in [0.3, 0.4) is 0 Å². The van der Waals surface area contributed by atoms with Crippen LogP contribution in [0.25, 0.3) is 10.9 Å². The monoisotopic (exact) mass is 329 g/mol. The molecule has 2 aromatic rings. The van der Waals surface area contributed by atoms with Crippen molar-refractivity contribution < 1.29 is 29.9 Å². The highest BCUT2D eigenvalue weighted by atomic mass is 35.5. The zero-order valence-electron chi connectivity index (χ0n) is 11.4. The first-order chi connectivity index (χ1) is 10.5. The number of benzene rings is 1. The maximum Gasteiger partial charge on any atom is 0.229 e. The van der Waals surface area contributed by atoms with Crippen molar-refractivity contribution in [2.45, 2.75) is 30.7 Å². The molecular formula is C14H16ClNO6. The quantitative estimate of drug-likeness (QED) is 0.541. The number of rotatable bonds is 3. The van der Waals surface area contributed by atoms with Gasteiger partial charge in [-0.1, -0.05) is 17.7 Å². The van der Waals surface area contributed by atoms with Gasteiger partial charge in [-0.25, -0.2) is 0 Å². The molecule has 0 saturated carbocycles. The number of ether oxygens (including phenoxy) is 2. The Labute approximate surface area is 130 Å².